The van der Waals surface area contributed by atoms with Crippen LogP contribution in [0.1, 0.15) is 18.4 Å². The molecule has 0 bridgehead atoms. The van der Waals surface area contributed by atoms with E-state index in [-0.39, 0.29) is 0 Å². The number of ether oxygens (including phenoxy) is 1. The van der Waals surface area contributed by atoms with Crippen molar-refractivity contribution in [2.45, 2.75) is 19.8 Å². The van der Waals surface area contributed by atoms with Crippen LogP contribution in [0.5, 0.6) is 0 Å². The molecule has 1 aliphatic rings. The van der Waals surface area contributed by atoms with Crippen LogP contribution in [0.4, 0.5) is 5.95 Å². The molecule has 4 heteroatoms. The van der Waals surface area contributed by atoms with Gasteiger partial charge in [-0.05, 0) is 31.2 Å². The van der Waals surface area contributed by atoms with Crippen molar-refractivity contribution in [3.05, 3.63) is 18.0 Å². The predicted molar refractivity (Wildman–Crippen MR) is 58.8 cm³/mol. The van der Waals surface area contributed by atoms with Gasteiger partial charge < -0.3 is 10.1 Å². The van der Waals surface area contributed by atoms with Gasteiger partial charge in [0.1, 0.15) is 0 Å². The van der Waals surface area contributed by atoms with E-state index in [1.165, 1.54) is 12.8 Å². The minimum Gasteiger partial charge on any atom is -0.381 e. The summed E-state index contributed by atoms with van der Waals surface area (Å²) in [5, 5.41) is 3.24. The van der Waals surface area contributed by atoms with Gasteiger partial charge in [0, 0.05) is 25.5 Å². The van der Waals surface area contributed by atoms with E-state index < -0.39 is 0 Å². The van der Waals surface area contributed by atoms with Crippen LogP contribution in [0.15, 0.2) is 12.4 Å². The molecule has 1 aromatic heterocycles. The molecule has 1 unspecified atom stereocenters. The average Bonchev–Trinajstić information content (AvgIpc) is 2.30. The highest BCUT2D eigenvalue weighted by atomic mass is 16.5. The standard InChI is InChI=1S/C11H17N3O/c1-9-5-12-11(13-6-9)14-7-10-3-2-4-15-8-10/h5-6,10H,2-4,7-8H2,1H3,(H,12,13,14). The zero-order valence-corrected chi connectivity index (χ0v) is 9.07. The molecule has 1 atom stereocenters. The fourth-order valence-electron chi connectivity index (χ4n) is 1.69. The lowest BCUT2D eigenvalue weighted by Gasteiger charge is -2.22. The molecule has 0 aliphatic carbocycles. The first-order valence-electron chi connectivity index (χ1n) is 5.45. The van der Waals surface area contributed by atoms with Gasteiger partial charge >= 0.3 is 0 Å². The van der Waals surface area contributed by atoms with E-state index in [4.69, 9.17) is 4.74 Å². The van der Waals surface area contributed by atoms with Gasteiger partial charge in [-0.1, -0.05) is 0 Å². The molecule has 2 heterocycles. The molecule has 2 rings (SSSR count). The summed E-state index contributed by atoms with van der Waals surface area (Å²) in [6.45, 7) is 4.66. The van der Waals surface area contributed by atoms with Crippen molar-refractivity contribution in [3.63, 3.8) is 0 Å². The minimum atomic E-state index is 0.601. The van der Waals surface area contributed by atoms with Gasteiger partial charge in [-0.2, -0.15) is 0 Å². The molecule has 0 saturated carbocycles. The van der Waals surface area contributed by atoms with Crippen LogP contribution in [-0.2, 0) is 4.74 Å². The second-order valence-electron chi connectivity index (χ2n) is 4.05. The highest BCUT2D eigenvalue weighted by Crippen LogP contribution is 2.13. The smallest absolute Gasteiger partial charge is 0.222 e. The van der Waals surface area contributed by atoms with Crippen molar-refractivity contribution in [2.24, 2.45) is 5.92 Å². The van der Waals surface area contributed by atoms with E-state index in [0.717, 1.165) is 25.3 Å². The van der Waals surface area contributed by atoms with E-state index in [2.05, 4.69) is 15.3 Å². The van der Waals surface area contributed by atoms with Crippen molar-refractivity contribution in [2.75, 3.05) is 25.1 Å². The van der Waals surface area contributed by atoms with Crippen LogP contribution in [0.2, 0.25) is 0 Å². The average molecular weight is 207 g/mol. The number of nitrogens with one attached hydrogen (secondary N) is 1. The Hall–Kier alpha value is -1.16. The van der Waals surface area contributed by atoms with Gasteiger partial charge in [0.25, 0.3) is 0 Å². The number of rotatable bonds is 3. The summed E-state index contributed by atoms with van der Waals surface area (Å²) >= 11 is 0. The van der Waals surface area contributed by atoms with Gasteiger partial charge in [-0.25, -0.2) is 9.97 Å². The first-order chi connectivity index (χ1) is 7.34. The number of hydrogen-bond donors (Lipinski definition) is 1. The first-order valence-corrected chi connectivity index (χ1v) is 5.45. The number of hydrogen-bond acceptors (Lipinski definition) is 4. The summed E-state index contributed by atoms with van der Waals surface area (Å²) in [5.74, 6) is 1.31. The van der Waals surface area contributed by atoms with E-state index in [9.17, 15) is 0 Å². The molecule has 0 spiro atoms. The Kier molecular flexibility index (Phi) is 3.50. The number of aromatic nitrogens is 2. The van der Waals surface area contributed by atoms with Crippen LogP contribution in [-0.4, -0.2) is 29.7 Å². The number of anilines is 1. The van der Waals surface area contributed by atoms with Gasteiger partial charge in [0.15, 0.2) is 0 Å². The second kappa shape index (κ2) is 5.07. The Bertz CT molecular complexity index is 293. The fraction of sp³-hybridized carbons (Fsp3) is 0.636. The molecule has 82 valence electrons. The maximum Gasteiger partial charge on any atom is 0.222 e. The van der Waals surface area contributed by atoms with Crippen LogP contribution < -0.4 is 5.32 Å². The lowest BCUT2D eigenvalue weighted by molar-refractivity contribution is 0.0594. The van der Waals surface area contributed by atoms with E-state index >= 15 is 0 Å². The monoisotopic (exact) mass is 207 g/mol. The Morgan fingerprint density at radius 1 is 1.47 bits per heavy atom. The van der Waals surface area contributed by atoms with Crippen LogP contribution >= 0.6 is 0 Å². The summed E-state index contributed by atoms with van der Waals surface area (Å²) in [6, 6.07) is 0. The SMILES string of the molecule is Cc1cnc(NCC2CCCOC2)nc1. The highest BCUT2D eigenvalue weighted by Gasteiger charge is 2.13. The third kappa shape index (κ3) is 3.16. The molecule has 1 saturated heterocycles. The summed E-state index contributed by atoms with van der Waals surface area (Å²) in [7, 11) is 0. The summed E-state index contributed by atoms with van der Waals surface area (Å²) in [4.78, 5) is 8.40. The Labute approximate surface area is 90.1 Å². The molecule has 1 fully saturated rings. The zero-order chi connectivity index (χ0) is 10.5. The van der Waals surface area contributed by atoms with Crippen LogP contribution in [0, 0.1) is 12.8 Å². The topological polar surface area (TPSA) is 47.0 Å². The number of nitrogens with zero attached hydrogens (tertiary/aromatic N) is 2. The maximum atomic E-state index is 5.41. The predicted octanol–water partition coefficient (Wildman–Crippen LogP) is 1.62. The third-order valence-electron chi connectivity index (χ3n) is 2.58. The van der Waals surface area contributed by atoms with Crippen molar-refractivity contribution >= 4 is 5.95 Å². The van der Waals surface area contributed by atoms with Crippen LogP contribution in [0.3, 0.4) is 0 Å². The lowest BCUT2D eigenvalue weighted by Crippen LogP contribution is -2.24. The molecule has 1 aromatic rings. The molecule has 0 amide bonds. The summed E-state index contributed by atoms with van der Waals surface area (Å²) in [6.07, 6.45) is 6.05. The fourth-order valence-corrected chi connectivity index (χ4v) is 1.69. The minimum absolute atomic E-state index is 0.601. The Morgan fingerprint density at radius 3 is 2.93 bits per heavy atom. The second-order valence-corrected chi connectivity index (χ2v) is 4.05. The summed E-state index contributed by atoms with van der Waals surface area (Å²) < 4.78 is 5.41. The molecule has 1 aliphatic heterocycles. The largest absolute Gasteiger partial charge is 0.381 e. The highest BCUT2D eigenvalue weighted by molar-refractivity contribution is 5.24. The zero-order valence-electron chi connectivity index (χ0n) is 9.07. The van der Waals surface area contributed by atoms with Crippen LogP contribution in [0.25, 0.3) is 0 Å². The van der Waals surface area contributed by atoms with Gasteiger partial charge in [-0.3, -0.25) is 0 Å². The summed E-state index contributed by atoms with van der Waals surface area (Å²) in [5.41, 5.74) is 1.08. The first kappa shape index (κ1) is 10.4. The Morgan fingerprint density at radius 2 is 2.27 bits per heavy atom. The Balaban J connectivity index is 1.79. The quantitative estimate of drug-likeness (QED) is 0.818. The molecule has 0 aromatic carbocycles. The molecular formula is C11H17N3O. The van der Waals surface area contributed by atoms with E-state index in [0.29, 0.717) is 11.9 Å². The molecular weight excluding hydrogens is 190 g/mol. The van der Waals surface area contributed by atoms with Gasteiger partial charge in [0.05, 0.1) is 6.61 Å². The van der Waals surface area contributed by atoms with Gasteiger partial charge in [-0.15, -0.1) is 0 Å². The number of aryl methyl sites for hydroxylation is 1. The van der Waals surface area contributed by atoms with Crippen molar-refractivity contribution in [3.8, 4) is 0 Å². The van der Waals surface area contributed by atoms with Gasteiger partial charge in [0.2, 0.25) is 5.95 Å². The molecule has 15 heavy (non-hydrogen) atoms. The van der Waals surface area contributed by atoms with Crippen molar-refractivity contribution in [1.82, 2.24) is 9.97 Å². The lowest BCUT2D eigenvalue weighted by atomic mass is 10.0. The molecule has 0 radical (unpaired) electrons. The van der Waals surface area contributed by atoms with E-state index in [1.54, 1.807) is 0 Å². The molecule has 1 N–H and O–H groups in total. The third-order valence-corrected chi connectivity index (χ3v) is 2.58. The molecule has 4 nitrogen and oxygen atoms in total. The van der Waals surface area contributed by atoms with Crippen molar-refractivity contribution in [1.29, 1.82) is 0 Å². The van der Waals surface area contributed by atoms with E-state index in [1.807, 2.05) is 19.3 Å². The normalized spacial score (nSPS) is 21.3. The maximum absolute atomic E-state index is 5.41. The van der Waals surface area contributed by atoms with Crippen molar-refractivity contribution < 1.29 is 4.74 Å².